The summed E-state index contributed by atoms with van der Waals surface area (Å²) in [4.78, 5) is 11.3. The van der Waals surface area contributed by atoms with Crippen LogP contribution in [0.25, 0.3) is 0 Å². The topological polar surface area (TPSA) is 50.4 Å². The van der Waals surface area contributed by atoms with Gasteiger partial charge in [-0.2, -0.15) is 0 Å². The molecule has 0 atom stereocenters. The molecule has 0 unspecified atom stereocenters. The van der Waals surface area contributed by atoms with Crippen LogP contribution in [-0.2, 0) is 6.54 Å². The molecule has 92 valence electrons. The van der Waals surface area contributed by atoms with E-state index in [1.807, 2.05) is 25.1 Å². The minimum Gasteiger partial charge on any atom is -0.496 e. The summed E-state index contributed by atoms with van der Waals surface area (Å²) in [6, 6.07) is 5.65. The number of aryl methyl sites for hydroxylation is 1. The predicted molar refractivity (Wildman–Crippen MR) is 68.2 cm³/mol. The Labute approximate surface area is 102 Å². The molecule has 0 radical (unpaired) electrons. The molecule has 0 aliphatic carbocycles. The minimum absolute atomic E-state index is 0.204. The molecule has 4 nitrogen and oxygen atoms in total. The van der Waals surface area contributed by atoms with Crippen LogP contribution in [0.3, 0.4) is 0 Å². The molecule has 0 bridgehead atoms. The van der Waals surface area contributed by atoms with Crippen molar-refractivity contribution in [3.63, 3.8) is 0 Å². The van der Waals surface area contributed by atoms with Gasteiger partial charge in [-0.05, 0) is 24.1 Å². The zero-order valence-corrected chi connectivity index (χ0v) is 10.2. The lowest BCUT2D eigenvalue weighted by atomic mass is 10.1. The number of carbonyl (C=O) groups is 1. The first kappa shape index (κ1) is 13.1. The first-order chi connectivity index (χ1) is 8.17. The number of rotatable bonds is 5. The van der Waals surface area contributed by atoms with Crippen LogP contribution in [0, 0.1) is 6.92 Å². The Balaban J connectivity index is 2.51. The largest absolute Gasteiger partial charge is 0.496 e. The number of nitrogens with one attached hydrogen (secondary N) is 2. The zero-order valence-electron chi connectivity index (χ0n) is 10.2. The number of methoxy groups -OCH3 is 1. The zero-order chi connectivity index (χ0) is 12.7. The molecule has 0 aromatic heterocycles. The molecule has 0 heterocycles. The van der Waals surface area contributed by atoms with Gasteiger partial charge in [-0.25, -0.2) is 4.79 Å². The molecule has 2 amide bonds. The van der Waals surface area contributed by atoms with Gasteiger partial charge in [0.05, 0.1) is 7.11 Å². The highest BCUT2D eigenvalue weighted by Crippen LogP contribution is 2.18. The van der Waals surface area contributed by atoms with E-state index in [2.05, 4.69) is 17.2 Å². The second kappa shape index (κ2) is 6.58. The summed E-state index contributed by atoms with van der Waals surface area (Å²) in [7, 11) is 1.64. The Hall–Kier alpha value is -1.97. The highest BCUT2D eigenvalue weighted by Gasteiger charge is 2.02. The third-order valence-electron chi connectivity index (χ3n) is 2.33. The molecule has 1 aromatic carbocycles. The number of carbonyl (C=O) groups excluding carboxylic acids is 1. The number of hydrogen-bond donors (Lipinski definition) is 2. The fraction of sp³-hybridized carbons (Fsp3) is 0.308. The van der Waals surface area contributed by atoms with E-state index < -0.39 is 0 Å². The van der Waals surface area contributed by atoms with Crippen molar-refractivity contribution < 1.29 is 9.53 Å². The average Bonchev–Trinajstić information content (AvgIpc) is 2.35. The van der Waals surface area contributed by atoms with Crippen molar-refractivity contribution in [2.75, 3.05) is 13.7 Å². The number of ether oxygens (including phenoxy) is 1. The van der Waals surface area contributed by atoms with Gasteiger partial charge in [0, 0.05) is 13.1 Å². The third kappa shape index (κ3) is 4.18. The molecule has 17 heavy (non-hydrogen) atoms. The lowest BCUT2D eigenvalue weighted by molar-refractivity contribution is 0.241. The van der Waals surface area contributed by atoms with Crippen LogP contribution < -0.4 is 15.4 Å². The molecule has 2 N–H and O–H groups in total. The van der Waals surface area contributed by atoms with Crippen molar-refractivity contribution >= 4 is 6.03 Å². The molecule has 0 spiro atoms. The predicted octanol–water partition coefficient (Wildman–Crippen LogP) is 1.99. The number of hydrogen-bond acceptors (Lipinski definition) is 2. The van der Waals surface area contributed by atoms with Crippen LogP contribution in [0.2, 0.25) is 0 Å². The molecule has 1 aromatic rings. The smallest absolute Gasteiger partial charge is 0.315 e. The standard InChI is InChI=1S/C13H18N2O2/c1-4-7-14-13(16)15-9-11-6-5-10(2)12(8-11)17-3/h4-6,8H,1,7,9H2,2-3H3,(H2,14,15,16). The first-order valence-electron chi connectivity index (χ1n) is 5.43. The van der Waals surface area contributed by atoms with Crippen LogP contribution in [0.15, 0.2) is 30.9 Å². The van der Waals surface area contributed by atoms with Gasteiger partial charge in [-0.15, -0.1) is 6.58 Å². The molecule has 1 rings (SSSR count). The monoisotopic (exact) mass is 234 g/mol. The van der Waals surface area contributed by atoms with Crippen molar-refractivity contribution in [1.29, 1.82) is 0 Å². The van der Waals surface area contributed by atoms with Crippen molar-refractivity contribution in [2.45, 2.75) is 13.5 Å². The highest BCUT2D eigenvalue weighted by molar-refractivity contribution is 5.73. The Morgan fingerprint density at radius 2 is 2.24 bits per heavy atom. The van der Waals surface area contributed by atoms with Crippen LogP contribution in [0.5, 0.6) is 5.75 Å². The second-order valence-corrected chi connectivity index (χ2v) is 3.66. The minimum atomic E-state index is -0.204. The van der Waals surface area contributed by atoms with Gasteiger partial charge in [-0.3, -0.25) is 0 Å². The first-order valence-corrected chi connectivity index (χ1v) is 5.43. The third-order valence-corrected chi connectivity index (χ3v) is 2.33. The Morgan fingerprint density at radius 3 is 2.88 bits per heavy atom. The van der Waals surface area contributed by atoms with Crippen molar-refractivity contribution in [3.8, 4) is 5.75 Å². The summed E-state index contributed by atoms with van der Waals surface area (Å²) >= 11 is 0. The van der Waals surface area contributed by atoms with E-state index in [-0.39, 0.29) is 6.03 Å². The summed E-state index contributed by atoms with van der Waals surface area (Å²) in [6.45, 7) is 6.44. The van der Waals surface area contributed by atoms with E-state index >= 15 is 0 Å². The van der Waals surface area contributed by atoms with Crippen LogP contribution in [0.4, 0.5) is 4.79 Å². The lowest BCUT2D eigenvalue weighted by Gasteiger charge is -2.09. The summed E-state index contributed by atoms with van der Waals surface area (Å²) in [5.74, 6) is 0.829. The van der Waals surface area contributed by atoms with E-state index in [9.17, 15) is 4.79 Å². The van der Waals surface area contributed by atoms with Gasteiger partial charge in [0.15, 0.2) is 0 Å². The highest BCUT2D eigenvalue weighted by atomic mass is 16.5. The fourth-order valence-corrected chi connectivity index (χ4v) is 1.38. The Bertz CT molecular complexity index is 402. The lowest BCUT2D eigenvalue weighted by Crippen LogP contribution is -2.34. The molecule has 0 aliphatic rings. The normalized spacial score (nSPS) is 9.53. The van der Waals surface area contributed by atoms with E-state index in [1.165, 1.54) is 0 Å². The van der Waals surface area contributed by atoms with Gasteiger partial charge in [-0.1, -0.05) is 18.2 Å². The van der Waals surface area contributed by atoms with Crippen LogP contribution >= 0.6 is 0 Å². The SMILES string of the molecule is C=CCNC(=O)NCc1ccc(C)c(OC)c1. The molecule has 0 aliphatic heterocycles. The van der Waals surface area contributed by atoms with Crippen molar-refractivity contribution in [3.05, 3.63) is 42.0 Å². The Morgan fingerprint density at radius 1 is 1.47 bits per heavy atom. The van der Waals surface area contributed by atoms with Gasteiger partial charge < -0.3 is 15.4 Å². The van der Waals surface area contributed by atoms with Crippen LogP contribution in [0.1, 0.15) is 11.1 Å². The summed E-state index contributed by atoms with van der Waals surface area (Å²) in [5, 5.41) is 5.39. The maximum atomic E-state index is 11.3. The molecular formula is C13H18N2O2. The van der Waals surface area contributed by atoms with E-state index in [0.29, 0.717) is 13.1 Å². The quantitative estimate of drug-likeness (QED) is 0.765. The summed E-state index contributed by atoms with van der Waals surface area (Å²) in [6.07, 6.45) is 1.63. The molecule has 0 fully saturated rings. The van der Waals surface area contributed by atoms with E-state index in [4.69, 9.17) is 4.74 Å². The number of benzene rings is 1. The average molecular weight is 234 g/mol. The summed E-state index contributed by atoms with van der Waals surface area (Å²) in [5.41, 5.74) is 2.08. The fourth-order valence-electron chi connectivity index (χ4n) is 1.38. The number of urea groups is 1. The Kier molecular flexibility index (Phi) is 5.07. The van der Waals surface area contributed by atoms with Gasteiger partial charge in [0.2, 0.25) is 0 Å². The van der Waals surface area contributed by atoms with Gasteiger partial charge in [0.25, 0.3) is 0 Å². The van der Waals surface area contributed by atoms with E-state index in [0.717, 1.165) is 16.9 Å². The van der Waals surface area contributed by atoms with Crippen molar-refractivity contribution in [2.24, 2.45) is 0 Å². The van der Waals surface area contributed by atoms with Crippen LogP contribution in [-0.4, -0.2) is 19.7 Å². The molecular weight excluding hydrogens is 216 g/mol. The second-order valence-electron chi connectivity index (χ2n) is 3.66. The molecule has 0 saturated heterocycles. The van der Waals surface area contributed by atoms with E-state index in [1.54, 1.807) is 13.2 Å². The number of amides is 2. The molecule has 0 saturated carbocycles. The maximum Gasteiger partial charge on any atom is 0.315 e. The molecule has 4 heteroatoms. The maximum absolute atomic E-state index is 11.3. The van der Waals surface area contributed by atoms with Gasteiger partial charge >= 0.3 is 6.03 Å². The summed E-state index contributed by atoms with van der Waals surface area (Å²) < 4.78 is 5.22. The van der Waals surface area contributed by atoms with Crippen molar-refractivity contribution in [1.82, 2.24) is 10.6 Å². The van der Waals surface area contributed by atoms with Gasteiger partial charge in [0.1, 0.15) is 5.75 Å².